The fourth-order valence-corrected chi connectivity index (χ4v) is 0.908. The van der Waals surface area contributed by atoms with Crippen molar-refractivity contribution >= 4 is 0 Å². The van der Waals surface area contributed by atoms with Crippen molar-refractivity contribution < 1.29 is 5.11 Å². The summed E-state index contributed by atoms with van der Waals surface area (Å²) in [6, 6.07) is 0. The third kappa shape index (κ3) is 7.29. The Morgan fingerprint density at radius 1 is 1.33 bits per heavy atom. The molecule has 0 aliphatic heterocycles. The quantitative estimate of drug-likeness (QED) is 0.601. The largest absolute Gasteiger partial charge is 0.393 e. The molecule has 0 amide bonds. The van der Waals surface area contributed by atoms with Gasteiger partial charge in [0.2, 0.25) is 0 Å². The summed E-state index contributed by atoms with van der Waals surface area (Å²) in [5.41, 5.74) is 0. The minimum Gasteiger partial charge on any atom is -0.393 e. The Bertz CT molecular complexity index is 156. The van der Waals surface area contributed by atoms with Crippen LogP contribution in [0.4, 0.5) is 0 Å². The van der Waals surface area contributed by atoms with Crippen LogP contribution in [0.15, 0.2) is 37.0 Å². The molecule has 68 valence electrons. The van der Waals surface area contributed by atoms with Gasteiger partial charge in [0, 0.05) is 0 Å². The van der Waals surface area contributed by atoms with Crippen molar-refractivity contribution in [1.82, 2.24) is 0 Å². The molecule has 0 radical (unpaired) electrons. The molecule has 0 aromatic heterocycles. The molecule has 0 aromatic carbocycles. The van der Waals surface area contributed by atoms with E-state index in [9.17, 15) is 5.11 Å². The van der Waals surface area contributed by atoms with Crippen LogP contribution in [0.5, 0.6) is 0 Å². The Morgan fingerprint density at radius 3 is 2.67 bits per heavy atom. The number of aliphatic hydroxyl groups is 1. The number of rotatable bonds is 6. The Kier molecular flexibility index (Phi) is 7.71. The number of hydrogen-bond acceptors (Lipinski definition) is 1. The maximum atomic E-state index is 9.31. The van der Waals surface area contributed by atoms with Crippen molar-refractivity contribution in [3.8, 4) is 0 Å². The van der Waals surface area contributed by atoms with E-state index in [1.165, 1.54) is 0 Å². The van der Waals surface area contributed by atoms with E-state index in [4.69, 9.17) is 0 Å². The lowest BCUT2D eigenvalue weighted by atomic mass is 10.1. The van der Waals surface area contributed by atoms with Gasteiger partial charge in [-0.05, 0) is 12.8 Å². The van der Waals surface area contributed by atoms with E-state index < -0.39 is 0 Å². The molecule has 1 heteroatoms. The van der Waals surface area contributed by atoms with E-state index in [2.05, 4.69) is 13.5 Å². The second-order valence-electron chi connectivity index (χ2n) is 2.73. The number of hydrogen-bond donors (Lipinski definition) is 1. The van der Waals surface area contributed by atoms with Crippen molar-refractivity contribution in [2.45, 2.75) is 32.3 Å². The molecule has 0 aromatic rings. The molecule has 12 heavy (non-hydrogen) atoms. The van der Waals surface area contributed by atoms with E-state index >= 15 is 0 Å². The number of allylic oxidation sites excluding steroid dienone is 4. The van der Waals surface area contributed by atoms with Crippen LogP contribution in [-0.2, 0) is 0 Å². The Balaban J connectivity index is 3.45. The fraction of sp³-hybridized carbons (Fsp3) is 0.455. The molecule has 1 atom stereocenters. The predicted octanol–water partition coefficient (Wildman–Crippen LogP) is 2.84. The molecule has 0 aliphatic carbocycles. The maximum absolute atomic E-state index is 9.31. The van der Waals surface area contributed by atoms with Gasteiger partial charge in [-0.25, -0.2) is 0 Å². The zero-order chi connectivity index (χ0) is 9.23. The van der Waals surface area contributed by atoms with Crippen LogP contribution < -0.4 is 0 Å². The summed E-state index contributed by atoms with van der Waals surface area (Å²) in [6.07, 6.45) is 11.9. The van der Waals surface area contributed by atoms with Crippen LogP contribution in [0.3, 0.4) is 0 Å². The fourth-order valence-electron chi connectivity index (χ4n) is 0.908. The highest BCUT2D eigenvalue weighted by Gasteiger charge is 1.96. The minimum atomic E-state index is -0.177. The van der Waals surface area contributed by atoms with Gasteiger partial charge in [-0.1, -0.05) is 50.3 Å². The number of aliphatic hydroxyl groups excluding tert-OH is 1. The molecule has 1 unspecified atom stereocenters. The van der Waals surface area contributed by atoms with Gasteiger partial charge in [0.1, 0.15) is 0 Å². The molecule has 0 heterocycles. The van der Waals surface area contributed by atoms with Crippen LogP contribution in [-0.4, -0.2) is 11.2 Å². The second kappa shape index (κ2) is 8.28. The zero-order valence-corrected chi connectivity index (χ0v) is 7.74. The third-order valence-corrected chi connectivity index (χ3v) is 1.52. The third-order valence-electron chi connectivity index (χ3n) is 1.52. The Morgan fingerprint density at radius 2 is 2.08 bits per heavy atom. The van der Waals surface area contributed by atoms with Crippen molar-refractivity contribution in [2.75, 3.05) is 0 Å². The summed E-state index contributed by atoms with van der Waals surface area (Å²) >= 11 is 0. The average Bonchev–Trinajstić information content (AvgIpc) is 2.05. The van der Waals surface area contributed by atoms with Crippen molar-refractivity contribution in [1.29, 1.82) is 0 Å². The van der Waals surface area contributed by atoms with Crippen molar-refractivity contribution in [2.24, 2.45) is 0 Å². The summed E-state index contributed by atoms with van der Waals surface area (Å²) in [5, 5.41) is 9.31. The smallest absolute Gasteiger partial charge is 0.0574 e. The van der Waals surface area contributed by atoms with Gasteiger partial charge in [0.25, 0.3) is 0 Å². The molecule has 0 bridgehead atoms. The molecular weight excluding hydrogens is 148 g/mol. The predicted molar refractivity (Wildman–Crippen MR) is 54.0 cm³/mol. The Hall–Kier alpha value is -0.820. The van der Waals surface area contributed by atoms with Crippen molar-refractivity contribution in [3.63, 3.8) is 0 Å². The molecule has 0 fully saturated rings. The second-order valence-corrected chi connectivity index (χ2v) is 2.73. The zero-order valence-electron chi connectivity index (χ0n) is 7.74. The average molecular weight is 166 g/mol. The lowest BCUT2D eigenvalue weighted by molar-refractivity contribution is 0.167. The van der Waals surface area contributed by atoms with Gasteiger partial charge in [-0.15, -0.1) is 0 Å². The lowest BCUT2D eigenvalue weighted by Crippen LogP contribution is -2.02. The summed E-state index contributed by atoms with van der Waals surface area (Å²) in [5.74, 6) is 0. The summed E-state index contributed by atoms with van der Waals surface area (Å²) < 4.78 is 0. The van der Waals surface area contributed by atoms with E-state index in [1.54, 1.807) is 6.08 Å². The van der Waals surface area contributed by atoms with Gasteiger partial charge in [-0.2, -0.15) is 0 Å². The first kappa shape index (κ1) is 11.2. The lowest BCUT2D eigenvalue weighted by Gasteiger charge is -2.03. The monoisotopic (exact) mass is 166 g/mol. The highest BCUT2D eigenvalue weighted by Crippen LogP contribution is 2.01. The van der Waals surface area contributed by atoms with Crippen LogP contribution in [0.1, 0.15) is 26.2 Å². The summed E-state index contributed by atoms with van der Waals surface area (Å²) in [7, 11) is 0. The van der Waals surface area contributed by atoms with Gasteiger partial charge in [0.15, 0.2) is 0 Å². The topological polar surface area (TPSA) is 20.2 Å². The Labute approximate surface area is 75.1 Å². The molecule has 0 saturated heterocycles. The van der Waals surface area contributed by atoms with Gasteiger partial charge >= 0.3 is 0 Å². The maximum Gasteiger partial charge on any atom is 0.0574 e. The van der Waals surface area contributed by atoms with Gasteiger partial charge in [0.05, 0.1) is 6.10 Å². The molecule has 1 nitrogen and oxygen atoms in total. The van der Waals surface area contributed by atoms with E-state index in [1.807, 2.05) is 24.3 Å². The molecule has 0 spiro atoms. The van der Waals surface area contributed by atoms with Crippen LogP contribution in [0.25, 0.3) is 0 Å². The first-order valence-electron chi connectivity index (χ1n) is 4.43. The molecular formula is C11H18O. The highest BCUT2D eigenvalue weighted by molar-refractivity contribution is 5.08. The van der Waals surface area contributed by atoms with Gasteiger partial charge in [-0.3, -0.25) is 0 Å². The SMILES string of the molecule is C=C/C=C/C=C\CC(O)CCC. The van der Waals surface area contributed by atoms with Crippen molar-refractivity contribution in [3.05, 3.63) is 37.0 Å². The van der Waals surface area contributed by atoms with Crippen LogP contribution >= 0.6 is 0 Å². The summed E-state index contributed by atoms with van der Waals surface area (Å²) in [4.78, 5) is 0. The molecule has 0 aliphatic rings. The first-order valence-corrected chi connectivity index (χ1v) is 4.43. The van der Waals surface area contributed by atoms with Crippen LogP contribution in [0.2, 0.25) is 0 Å². The normalized spacial score (nSPS) is 14.2. The molecule has 0 saturated carbocycles. The summed E-state index contributed by atoms with van der Waals surface area (Å²) in [6.45, 7) is 5.63. The molecule has 0 rings (SSSR count). The van der Waals surface area contributed by atoms with Crippen LogP contribution in [0, 0.1) is 0 Å². The first-order chi connectivity index (χ1) is 5.81. The minimum absolute atomic E-state index is 0.177. The van der Waals surface area contributed by atoms with Gasteiger partial charge < -0.3 is 5.11 Å². The standard InChI is InChI=1S/C11H18O/c1-3-5-6-7-8-10-11(12)9-4-2/h3,5-8,11-12H,1,4,9-10H2,2H3/b6-5+,8-7-. The van der Waals surface area contributed by atoms with E-state index in [0.29, 0.717) is 0 Å². The highest BCUT2D eigenvalue weighted by atomic mass is 16.3. The molecule has 1 N–H and O–H groups in total. The van der Waals surface area contributed by atoms with E-state index in [-0.39, 0.29) is 6.10 Å². The van der Waals surface area contributed by atoms with E-state index in [0.717, 1.165) is 19.3 Å².